The molecule has 2 N–H and O–H groups in total. The predicted octanol–water partition coefficient (Wildman–Crippen LogP) is 12.9. The van der Waals surface area contributed by atoms with Gasteiger partial charge in [-0.3, -0.25) is 4.84 Å². The molecular formula is C60H94N2O10Si2. The van der Waals surface area contributed by atoms with Crippen molar-refractivity contribution >= 4 is 17.1 Å². The number of fused-ring (bicyclic) bond motifs is 12. The molecule has 15 rings (SSSR count). The van der Waals surface area contributed by atoms with Gasteiger partial charge in [0.25, 0.3) is 0 Å². The van der Waals surface area contributed by atoms with Crippen LogP contribution < -0.4 is 5.48 Å². The van der Waals surface area contributed by atoms with Crippen LogP contribution >= 0.6 is 0 Å². The summed E-state index contributed by atoms with van der Waals surface area (Å²) in [6, 6.07) is 9.83. The van der Waals surface area contributed by atoms with Gasteiger partial charge in [-0.1, -0.05) is 122 Å². The van der Waals surface area contributed by atoms with Crippen LogP contribution in [0.3, 0.4) is 0 Å². The maximum absolute atomic E-state index is 11.0. The molecule has 9 aliphatic heterocycles. The maximum Gasteiger partial charge on any atom is 0.335 e. The molecular weight excluding hydrogens is 965 g/mol. The third-order valence-corrected chi connectivity index (χ3v) is 28.0. The number of hydroxylamine groups is 1. The number of nitrogens with one attached hydrogen (secondary N) is 1. The van der Waals surface area contributed by atoms with Crippen molar-refractivity contribution in [2.75, 3.05) is 26.4 Å². The Balaban J connectivity index is 0.000000158. The van der Waals surface area contributed by atoms with E-state index in [1.165, 1.54) is 83.5 Å². The molecule has 14 heteroatoms. The fraction of sp³-hybridized carbons (Fsp3) is 0.750. The van der Waals surface area contributed by atoms with E-state index in [0.29, 0.717) is 30.1 Å². The highest BCUT2D eigenvalue weighted by Gasteiger charge is 2.68. The third-order valence-electron chi connectivity index (χ3n) is 17.7. The number of aliphatic hydroxyl groups excluding tert-OH is 1. The first-order valence-corrected chi connectivity index (χ1v) is 33.1. The van der Waals surface area contributed by atoms with Crippen LogP contribution in [0.25, 0.3) is 4.85 Å². The van der Waals surface area contributed by atoms with Crippen LogP contribution in [0, 0.1) is 30.2 Å². The van der Waals surface area contributed by atoms with Gasteiger partial charge in [0, 0.05) is 38.8 Å². The molecule has 4 unspecified atom stereocenters. The monoisotopic (exact) mass is 1060 g/mol. The van der Waals surface area contributed by atoms with Crippen molar-refractivity contribution in [3.05, 3.63) is 95.5 Å². The summed E-state index contributed by atoms with van der Waals surface area (Å²) < 4.78 is 50.0. The van der Waals surface area contributed by atoms with Gasteiger partial charge in [0.15, 0.2) is 12.0 Å². The van der Waals surface area contributed by atoms with E-state index >= 15 is 0 Å². The molecule has 8 fully saturated rings. The van der Waals surface area contributed by atoms with Gasteiger partial charge in [-0.25, -0.2) is 4.85 Å². The normalized spacial score (nSPS) is 36.6. The number of rotatable bonds is 8. The Labute approximate surface area is 448 Å². The van der Waals surface area contributed by atoms with Gasteiger partial charge in [-0.2, -0.15) is 5.48 Å². The predicted molar refractivity (Wildman–Crippen MR) is 295 cm³/mol. The van der Waals surface area contributed by atoms with Gasteiger partial charge in [-0.05, 0) is 141 Å². The first-order chi connectivity index (χ1) is 35.7. The Morgan fingerprint density at radius 2 is 1.39 bits per heavy atom. The molecule has 0 spiro atoms. The summed E-state index contributed by atoms with van der Waals surface area (Å²) in [6.45, 7) is 29.8. The number of hydrogen-bond donors (Lipinski definition) is 2. The summed E-state index contributed by atoms with van der Waals surface area (Å²) in [4.78, 5) is 10.0. The quantitative estimate of drug-likeness (QED) is 0.112. The Morgan fingerprint density at radius 3 is 2.07 bits per heavy atom. The van der Waals surface area contributed by atoms with E-state index in [4.69, 9.17) is 48.1 Å². The number of ether oxygens (including phenoxy) is 5. The van der Waals surface area contributed by atoms with E-state index in [9.17, 15) is 5.11 Å². The summed E-state index contributed by atoms with van der Waals surface area (Å²) in [5, 5.41) is 11.0. The second-order valence-corrected chi connectivity index (χ2v) is 32.9. The van der Waals surface area contributed by atoms with Gasteiger partial charge in [0.1, 0.15) is 11.6 Å². The van der Waals surface area contributed by atoms with Crippen molar-refractivity contribution in [2.24, 2.45) is 23.7 Å². The van der Waals surface area contributed by atoms with Gasteiger partial charge < -0.3 is 41.8 Å². The van der Waals surface area contributed by atoms with Crippen molar-refractivity contribution < 1.29 is 46.6 Å². The van der Waals surface area contributed by atoms with Gasteiger partial charge in [0.2, 0.25) is 0 Å². The molecule has 11 atom stereocenters. The van der Waals surface area contributed by atoms with Crippen LogP contribution in [0.5, 0.6) is 0 Å². The molecule has 8 bridgehead atoms. The van der Waals surface area contributed by atoms with Gasteiger partial charge >= 0.3 is 17.1 Å². The first kappa shape index (κ1) is 57.8. The zero-order chi connectivity index (χ0) is 52.3. The zero-order valence-corrected chi connectivity index (χ0v) is 48.4. The lowest BCUT2D eigenvalue weighted by atomic mass is 9.78. The molecule has 9 heterocycles. The molecule has 0 amide bonds. The summed E-state index contributed by atoms with van der Waals surface area (Å²) in [5.74, 6) is 3.46. The summed E-state index contributed by atoms with van der Waals surface area (Å²) in [6.07, 6.45) is 33.0. The number of allylic oxidation sites excluding steroid dienone is 3. The Kier molecular flexibility index (Phi) is 21.1. The minimum absolute atomic E-state index is 0.0929. The minimum atomic E-state index is -2.96. The minimum Gasteiger partial charge on any atom is -0.414 e. The lowest BCUT2D eigenvalue weighted by molar-refractivity contribution is -0.141. The van der Waals surface area contributed by atoms with Gasteiger partial charge in [0.05, 0.1) is 49.8 Å². The van der Waals surface area contributed by atoms with Gasteiger partial charge in [-0.15, -0.1) is 0 Å². The lowest BCUT2D eigenvalue weighted by Gasteiger charge is -2.48. The Bertz CT molecular complexity index is 2000. The number of nitrogens with zero attached hydrogens (tertiary/aromatic N) is 1. The molecule has 7 saturated heterocycles. The first-order valence-electron chi connectivity index (χ1n) is 29.1. The molecule has 14 aliphatic rings. The van der Waals surface area contributed by atoms with Crippen LogP contribution in [0.1, 0.15) is 157 Å². The number of aliphatic hydroxyl groups is 1. The molecule has 0 aromatic heterocycles. The van der Waals surface area contributed by atoms with E-state index in [-0.39, 0.29) is 35.2 Å². The molecule has 1 saturated carbocycles. The van der Waals surface area contributed by atoms with E-state index < -0.39 is 47.3 Å². The van der Waals surface area contributed by atoms with Crippen LogP contribution in [0.4, 0.5) is 0 Å². The second kappa shape index (κ2) is 27.0. The molecule has 5 aliphatic carbocycles. The smallest absolute Gasteiger partial charge is 0.335 e. The molecule has 412 valence electrons. The Morgan fingerprint density at radius 1 is 0.703 bits per heavy atom. The van der Waals surface area contributed by atoms with Crippen molar-refractivity contribution in [2.45, 2.75) is 235 Å². The number of benzene rings is 1. The van der Waals surface area contributed by atoms with Crippen molar-refractivity contribution in [3.63, 3.8) is 0 Å². The van der Waals surface area contributed by atoms with Crippen molar-refractivity contribution in [1.82, 2.24) is 5.48 Å². The van der Waals surface area contributed by atoms with Crippen molar-refractivity contribution in [3.8, 4) is 0 Å². The van der Waals surface area contributed by atoms with E-state index in [0.717, 1.165) is 62.1 Å². The summed E-state index contributed by atoms with van der Waals surface area (Å²) in [5.41, 5.74) is 4.03. The molecule has 1 aromatic carbocycles. The molecule has 74 heavy (non-hydrogen) atoms. The third kappa shape index (κ3) is 14.1. The maximum atomic E-state index is 11.0. The lowest BCUT2D eigenvalue weighted by Crippen LogP contribution is -2.66. The topological polar surface area (TPSA) is 120 Å². The van der Waals surface area contributed by atoms with E-state index in [2.05, 4.69) is 102 Å². The van der Waals surface area contributed by atoms with E-state index in [1.54, 1.807) is 6.08 Å². The molecule has 1 aromatic rings. The number of hydrogen-bond acceptors (Lipinski definition) is 11. The largest absolute Gasteiger partial charge is 0.414 e. The highest BCUT2D eigenvalue weighted by atomic mass is 28.5. The summed E-state index contributed by atoms with van der Waals surface area (Å²) >= 11 is 0. The average molecular weight is 1060 g/mol. The van der Waals surface area contributed by atoms with E-state index in [1.807, 2.05) is 30.3 Å². The highest BCUT2D eigenvalue weighted by molar-refractivity contribution is 6.84. The SMILES string of the molecule is C1=C[C@H]2CCOC1CC2.C1=C[C@H]2CCOC2CC1.C1=C[C@H]2CCO[C@H](C1)C2.C1CC2CCC(CC2)O1.[C-]#[N+]C1=CC2O[C@@H](O)C[C@]1(NOCc1ccccc1)C1O[Si](C(C)C)(C(C)C)O[Si](C(C)C)(C(C)C)O[C@H]21. The standard InChI is InChI=1S/C28H44N2O6Si2.C8H14O.3C8H12O/c1-18(2)37(19(3)4)34-26-23-15-24(29-9)28(16-25(31)33-23,30-32-17-22-13-11-10-12-14-22)27(26)35-38(36-37,20(5)6)21(7)8;2*1-3-8-4-2-7(1)5-6-9-8;1-2-7-4-5-9-8(3-1)6-7;1-2-4-8-7(3-1)5-6-9-8/h10-15,18-21,23,25-27,30-31H,16-17H2,1-8H3;7-8H,1-6H2;1,3,7-8H,2,4-6H2;1-2,7-8H,3-6H2;1,3,7-8H,2,4-6H2/t23?,25-,26-,27?,28-;;7-,8?;7-,8+;7-,8?/m1.100/s1. The fourth-order valence-electron chi connectivity index (χ4n) is 13.3. The molecule has 12 nitrogen and oxygen atoms in total. The van der Waals surface area contributed by atoms with Crippen LogP contribution in [0.2, 0.25) is 22.2 Å². The highest BCUT2D eigenvalue weighted by Crippen LogP contribution is 2.53. The van der Waals surface area contributed by atoms with Crippen LogP contribution in [-0.4, -0.2) is 103 Å². The van der Waals surface area contributed by atoms with Crippen LogP contribution in [0.15, 0.2) is 78.6 Å². The second-order valence-electron chi connectivity index (χ2n) is 24.1. The fourth-order valence-corrected chi connectivity index (χ4v) is 24.6. The van der Waals surface area contributed by atoms with Crippen molar-refractivity contribution in [1.29, 1.82) is 0 Å². The zero-order valence-electron chi connectivity index (χ0n) is 46.4. The summed E-state index contributed by atoms with van der Waals surface area (Å²) in [7, 11) is -5.85. The average Bonchev–Trinajstić information content (AvgIpc) is 3.85. The van der Waals surface area contributed by atoms with Crippen LogP contribution in [-0.2, 0) is 48.1 Å². The molecule has 0 radical (unpaired) electrons. The Hall–Kier alpha value is -2.34.